The van der Waals surface area contributed by atoms with Crippen molar-refractivity contribution in [3.63, 3.8) is 0 Å². The number of anilines is 1. The third kappa shape index (κ3) is 4.73. The Balaban J connectivity index is 1.52. The van der Waals surface area contributed by atoms with Gasteiger partial charge in [0.1, 0.15) is 17.4 Å². The molecule has 180 valence electrons. The van der Waals surface area contributed by atoms with Crippen molar-refractivity contribution in [2.45, 2.75) is 45.4 Å². The molecule has 0 radical (unpaired) electrons. The second-order valence-corrected chi connectivity index (χ2v) is 11.2. The van der Waals surface area contributed by atoms with Gasteiger partial charge in [-0.05, 0) is 74.1 Å². The molecule has 2 aliphatic heterocycles. The Hall–Kier alpha value is -3.08. The number of carbonyl (C=O) groups is 1. The van der Waals surface area contributed by atoms with E-state index in [1.807, 2.05) is 12.1 Å². The minimum atomic E-state index is -1.20. The van der Waals surface area contributed by atoms with Gasteiger partial charge in [0.05, 0.1) is 6.61 Å². The normalized spacial score (nSPS) is 15.0. The molecule has 2 aliphatic rings. The van der Waals surface area contributed by atoms with Crippen molar-refractivity contribution < 1.29 is 14.6 Å². The van der Waals surface area contributed by atoms with Crippen LogP contribution in [0.2, 0.25) is 0 Å². The molecule has 0 fully saturated rings. The third-order valence-electron chi connectivity index (χ3n) is 6.60. The van der Waals surface area contributed by atoms with Gasteiger partial charge in [0.15, 0.2) is 0 Å². The zero-order valence-electron chi connectivity index (χ0n) is 19.8. The summed E-state index contributed by atoms with van der Waals surface area (Å²) in [6.07, 6.45) is 8.14. The van der Waals surface area contributed by atoms with E-state index >= 15 is 0 Å². The predicted octanol–water partition coefficient (Wildman–Crippen LogP) is 7.01. The first kappa shape index (κ1) is 23.7. The summed E-state index contributed by atoms with van der Waals surface area (Å²) in [6, 6.07) is 12.3. The van der Waals surface area contributed by atoms with Crippen molar-refractivity contribution in [2.75, 3.05) is 24.6 Å². The van der Waals surface area contributed by atoms with Crippen molar-refractivity contribution in [1.29, 1.82) is 5.26 Å². The van der Waals surface area contributed by atoms with E-state index in [1.165, 1.54) is 57.5 Å². The van der Waals surface area contributed by atoms with Crippen molar-refractivity contribution in [1.82, 2.24) is 0 Å². The third-order valence-corrected chi connectivity index (χ3v) is 8.94. The van der Waals surface area contributed by atoms with E-state index in [2.05, 4.69) is 30.0 Å². The van der Waals surface area contributed by atoms with Gasteiger partial charge in [-0.1, -0.05) is 13.3 Å². The first-order valence-electron chi connectivity index (χ1n) is 12.2. The van der Waals surface area contributed by atoms with Crippen LogP contribution in [0.25, 0.3) is 26.3 Å². The molecule has 3 aromatic rings. The van der Waals surface area contributed by atoms with Crippen molar-refractivity contribution in [3.05, 3.63) is 51.9 Å². The fraction of sp³-hybridized carbons (Fsp3) is 0.357. The number of hydrogen-bond acceptors (Lipinski definition) is 6. The molecule has 0 bridgehead atoms. The van der Waals surface area contributed by atoms with E-state index in [9.17, 15) is 4.79 Å². The summed E-state index contributed by atoms with van der Waals surface area (Å²) in [5.41, 5.74) is 5.20. The van der Waals surface area contributed by atoms with Gasteiger partial charge in [-0.3, -0.25) is 0 Å². The summed E-state index contributed by atoms with van der Waals surface area (Å²) in [6.45, 7) is 5.21. The summed E-state index contributed by atoms with van der Waals surface area (Å²) in [7, 11) is 0. The molecule has 4 heterocycles. The highest BCUT2D eigenvalue weighted by Crippen LogP contribution is 2.48. The molecule has 0 unspecified atom stereocenters. The summed E-state index contributed by atoms with van der Waals surface area (Å²) < 4.78 is 6.49. The number of aliphatic carboxylic acids is 1. The van der Waals surface area contributed by atoms with Gasteiger partial charge in [-0.2, -0.15) is 5.26 Å². The molecule has 5 nitrogen and oxygen atoms in total. The van der Waals surface area contributed by atoms with E-state index in [0.29, 0.717) is 0 Å². The number of hydrogen-bond donors (Lipinski definition) is 1. The summed E-state index contributed by atoms with van der Waals surface area (Å²) in [5, 5.41) is 18.2. The molecule has 0 saturated carbocycles. The Kier molecular flexibility index (Phi) is 6.94. The van der Waals surface area contributed by atoms with Crippen molar-refractivity contribution in [2.24, 2.45) is 0 Å². The first-order valence-corrected chi connectivity index (χ1v) is 13.8. The molecule has 0 amide bonds. The van der Waals surface area contributed by atoms with Gasteiger partial charge in [-0.25, -0.2) is 4.79 Å². The van der Waals surface area contributed by atoms with Gasteiger partial charge >= 0.3 is 5.97 Å². The average molecular weight is 505 g/mol. The molecular weight excluding hydrogens is 476 g/mol. The predicted molar refractivity (Wildman–Crippen MR) is 144 cm³/mol. The number of rotatable bonds is 8. The largest absolute Gasteiger partial charge is 0.493 e. The highest BCUT2D eigenvalue weighted by molar-refractivity contribution is 7.24. The molecule has 1 N–H and O–H groups in total. The molecule has 1 aromatic carbocycles. The lowest BCUT2D eigenvalue weighted by molar-refractivity contribution is -0.132. The number of ether oxygens (including phenoxy) is 1. The van der Waals surface area contributed by atoms with Crippen LogP contribution in [0, 0.1) is 11.3 Å². The van der Waals surface area contributed by atoms with Crippen LogP contribution < -0.4 is 9.64 Å². The van der Waals surface area contributed by atoms with Crippen LogP contribution in [-0.2, 0) is 17.6 Å². The minimum absolute atomic E-state index is 0.254. The number of benzene rings is 1. The van der Waals surface area contributed by atoms with Crippen LogP contribution >= 0.6 is 22.7 Å². The minimum Gasteiger partial charge on any atom is -0.493 e. The maximum absolute atomic E-state index is 11.2. The van der Waals surface area contributed by atoms with Crippen LogP contribution in [0.1, 0.15) is 48.6 Å². The van der Waals surface area contributed by atoms with Crippen LogP contribution in [0.3, 0.4) is 0 Å². The molecule has 2 aromatic heterocycles. The Labute approximate surface area is 213 Å². The van der Waals surface area contributed by atoms with E-state index in [1.54, 1.807) is 17.4 Å². The average Bonchev–Trinajstić information content (AvgIpc) is 3.53. The summed E-state index contributed by atoms with van der Waals surface area (Å²) in [4.78, 5) is 17.9. The second kappa shape index (κ2) is 10.3. The van der Waals surface area contributed by atoms with Crippen LogP contribution in [0.5, 0.6) is 5.75 Å². The molecule has 35 heavy (non-hydrogen) atoms. The maximum Gasteiger partial charge on any atom is 0.346 e. The van der Waals surface area contributed by atoms with Crippen LogP contribution in [-0.4, -0.2) is 30.8 Å². The molecule has 0 saturated heterocycles. The van der Waals surface area contributed by atoms with E-state index in [4.69, 9.17) is 15.1 Å². The lowest BCUT2D eigenvalue weighted by atomic mass is 9.88. The zero-order valence-corrected chi connectivity index (χ0v) is 21.4. The van der Waals surface area contributed by atoms with Gasteiger partial charge in [0.2, 0.25) is 0 Å². The van der Waals surface area contributed by atoms with Crippen LogP contribution in [0.15, 0.2) is 35.9 Å². The fourth-order valence-corrected chi connectivity index (χ4v) is 7.02. The molecule has 7 heteroatoms. The topological polar surface area (TPSA) is 73.6 Å². The van der Waals surface area contributed by atoms with Gasteiger partial charge in [0, 0.05) is 49.4 Å². The Morgan fingerprint density at radius 3 is 2.66 bits per heavy atom. The molecule has 0 atom stereocenters. The van der Waals surface area contributed by atoms with Gasteiger partial charge < -0.3 is 14.7 Å². The number of thiophene rings is 2. The smallest absolute Gasteiger partial charge is 0.346 e. The fourth-order valence-electron chi connectivity index (χ4n) is 4.96. The van der Waals surface area contributed by atoms with Gasteiger partial charge in [0.25, 0.3) is 0 Å². The molecule has 0 spiro atoms. The molecular formula is C28H28N2O3S2. The van der Waals surface area contributed by atoms with Crippen LogP contribution in [0.4, 0.5) is 5.69 Å². The van der Waals surface area contributed by atoms with Gasteiger partial charge in [-0.15, -0.1) is 22.7 Å². The van der Waals surface area contributed by atoms with E-state index in [-0.39, 0.29) is 5.57 Å². The number of unbranched alkanes of at least 4 members (excludes halogenated alkanes) is 1. The van der Waals surface area contributed by atoms with E-state index in [0.717, 1.165) is 65.8 Å². The number of nitriles is 1. The zero-order chi connectivity index (χ0) is 24.4. The Bertz CT molecular complexity index is 1330. The number of carboxylic acid groups (broad SMARTS) is 1. The maximum atomic E-state index is 11.2. The lowest BCUT2D eigenvalue weighted by Crippen LogP contribution is -2.34. The second-order valence-electron chi connectivity index (χ2n) is 8.98. The molecule has 0 aliphatic carbocycles. The van der Waals surface area contributed by atoms with E-state index < -0.39 is 5.97 Å². The quantitative estimate of drug-likeness (QED) is 0.203. The summed E-state index contributed by atoms with van der Waals surface area (Å²) in [5.74, 6) is -0.140. The van der Waals surface area contributed by atoms with Crippen molar-refractivity contribution in [3.8, 4) is 32.0 Å². The lowest BCUT2D eigenvalue weighted by Gasteiger charge is -2.38. The Morgan fingerprint density at radius 2 is 1.89 bits per heavy atom. The summed E-state index contributed by atoms with van der Waals surface area (Å²) >= 11 is 3.24. The highest BCUT2D eigenvalue weighted by atomic mass is 32.1. The monoisotopic (exact) mass is 504 g/mol. The Morgan fingerprint density at radius 1 is 1.14 bits per heavy atom. The number of aryl methyl sites for hydroxylation is 1. The standard InChI is InChI=1S/C28H28N2O3S2/c1-2-3-14-33-27-21-7-5-13-30-12-4-6-18(26(21)30)16-22(27)23-10-11-25(35-23)24-9-8-20(34-24)15-19(17-29)28(31)32/h8-11,15-16H,2-7,12-14H2,1H3,(H,31,32)/b19-15+. The SMILES string of the molecule is CCCCOc1c(-c2ccc(-c3ccc(/C=C(\C#N)C(=O)O)s3)s2)cc2c3c1CCCN3CCC2. The highest BCUT2D eigenvalue weighted by Gasteiger charge is 2.29. The first-order chi connectivity index (χ1) is 17.1. The van der Waals surface area contributed by atoms with Crippen molar-refractivity contribution >= 4 is 40.4 Å². The number of nitrogens with zero attached hydrogens (tertiary/aromatic N) is 2. The number of carboxylic acids is 1. The molecule has 5 rings (SSSR count).